The van der Waals surface area contributed by atoms with Crippen LogP contribution in [-0.4, -0.2) is 193 Å². The minimum atomic E-state index is -0.984. The Morgan fingerprint density at radius 3 is 1.36 bits per heavy atom. The van der Waals surface area contributed by atoms with Crippen molar-refractivity contribution in [3.05, 3.63) is 234 Å². The van der Waals surface area contributed by atoms with Crippen molar-refractivity contribution in [3.63, 3.8) is 0 Å². The molecule has 7 aliphatic heterocycles. The van der Waals surface area contributed by atoms with Crippen LogP contribution in [0.1, 0.15) is 133 Å². The fraction of sp³-hybridized carbons (Fsp3) is 0.459. The molecule has 28 heteroatoms. The van der Waals surface area contributed by atoms with Crippen molar-refractivity contribution in [2.45, 2.75) is 110 Å². The summed E-state index contributed by atoms with van der Waals surface area (Å²) in [5.74, 6) is 1.52. The van der Waals surface area contributed by atoms with Gasteiger partial charge in [0, 0.05) is 109 Å². The van der Waals surface area contributed by atoms with Gasteiger partial charge in [0.15, 0.2) is 0 Å². The molecule has 6 saturated heterocycles. The molecule has 5 N–H and O–H groups in total. The van der Waals surface area contributed by atoms with Crippen LogP contribution in [0.4, 0.5) is 27.8 Å². The molecule has 18 nitrogen and oxygen atoms in total. The summed E-state index contributed by atoms with van der Waals surface area (Å²) in [7, 11) is 8.34. The molecule has 7 aliphatic rings. The number of piperidine rings is 4. The molecule has 0 aliphatic carbocycles. The van der Waals surface area contributed by atoms with Crippen LogP contribution >= 0.6 is 39.9 Å². The maximum absolute atomic E-state index is 13.8. The molecule has 2 aromatic heterocycles. The zero-order valence-corrected chi connectivity index (χ0v) is 77.1. The Morgan fingerprint density at radius 1 is 0.540 bits per heavy atom. The van der Waals surface area contributed by atoms with E-state index in [1.807, 2.05) is 97.2 Å². The molecule has 113 heavy (non-hydrogen) atoms. The first-order valence-corrected chi connectivity index (χ1v) is 38.8. The second kappa shape index (κ2) is 58.5. The van der Waals surface area contributed by atoms with Crippen LogP contribution in [0.2, 0.25) is 5.15 Å². The van der Waals surface area contributed by atoms with Gasteiger partial charge in [-0.25, -0.2) is 31.9 Å². The Labute approximate surface area is 773 Å². The predicted molar refractivity (Wildman–Crippen MR) is 439 cm³/mol. The zero-order valence-electron chi connectivity index (χ0n) is 68.7. The predicted octanol–water partition coefficient (Wildman–Crippen LogP) is 7.75. The Balaban J connectivity index is 0.000000641. The number of nitrogens with one attached hydrogen (secondary N) is 4. The number of carbonyl (C=O) groups is 2. The molecule has 0 amide bonds. The number of rotatable bonds is 6. The molecule has 6 fully saturated rings. The molecule has 5 aromatic carbocycles. The minimum absolute atomic E-state index is 0. The molecule has 7 aromatic rings. The van der Waals surface area contributed by atoms with Crippen molar-refractivity contribution < 1.29 is 151 Å². The quantitative estimate of drug-likeness (QED) is 0.0268. The van der Waals surface area contributed by atoms with Gasteiger partial charge in [-0.2, -0.15) is 10.5 Å². The van der Waals surface area contributed by atoms with Crippen LogP contribution < -0.4 is 134 Å². The average Bonchev–Trinajstić information content (AvgIpc) is 0.790. The van der Waals surface area contributed by atoms with Gasteiger partial charge in [-0.15, -0.1) is 12.4 Å². The Hall–Kier alpha value is -4.36. The third kappa shape index (κ3) is 38.5. The molecule has 9 heterocycles. The fourth-order valence-corrected chi connectivity index (χ4v) is 13.7. The number of carbonyl (C=O) groups excluding carboxylic acids is 2. The largest absolute Gasteiger partial charge is 1.00 e. The van der Waals surface area contributed by atoms with Crippen molar-refractivity contribution in [1.82, 2.24) is 50.8 Å². The van der Waals surface area contributed by atoms with Crippen LogP contribution in [0, 0.1) is 86.4 Å². The number of halogens is 8. The number of anilines is 1. The molecule has 0 spiro atoms. The summed E-state index contributed by atoms with van der Waals surface area (Å²) < 4.78 is 67.7. The summed E-state index contributed by atoms with van der Waals surface area (Å²) in [5, 5.41) is 49.5. The van der Waals surface area contributed by atoms with E-state index in [1.165, 1.54) is 31.3 Å². The van der Waals surface area contributed by atoms with Gasteiger partial charge in [-0.3, -0.25) is 9.59 Å². The zero-order chi connectivity index (χ0) is 80.4. The molecule has 0 atom stereocenters. The van der Waals surface area contributed by atoms with E-state index in [0.29, 0.717) is 57.0 Å². The summed E-state index contributed by atoms with van der Waals surface area (Å²) >= 11 is 8.57. The van der Waals surface area contributed by atoms with Gasteiger partial charge in [0.25, 0.3) is 6.47 Å². The third-order valence-electron chi connectivity index (χ3n) is 19.7. The van der Waals surface area contributed by atoms with Gasteiger partial charge >= 0.3 is 103 Å². The maximum atomic E-state index is 13.8. The molecular weight excluding hydrogens is 1610 g/mol. The van der Waals surface area contributed by atoms with Crippen LogP contribution in [0.3, 0.4) is 0 Å². The van der Waals surface area contributed by atoms with Crippen molar-refractivity contribution in [1.29, 1.82) is 10.5 Å². The van der Waals surface area contributed by atoms with Crippen molar-refractivity contribution in [2.75, 3.05) is 151 Å². The van der Waals surface area contributed by atoms with Gasteiger partial charge in [0.2, 0.25) is 0 Å². The van der Waals surface area contributed by atoms with E-state index in [1.54, 1.807) is 66.7 Å². The monoisotopic (exact) mass is 1720 g/mol. The van der Waals surface area contributed by atoms with Crippen LogP contribution in [0.25, 0.3) is 5.57 Å². The van der Waals surface area contributed by atoms with E-state index in [4.69, 9.17) is 32.2 Å². The number of likely N-dealkylation sites (N-methyl/N-ethyl adjacent to an activating group) is 2. The summed E-state index contributed by atoms with van der Waals surface area (Å²) in [6.07, 6.45) is 9.95. The number of ketones is 1. The van der Waals surface area contributed by atoms with E-state index >= 15 is 0 Å². The van der Waals surface area contributed by atoms with Gasteiger partial charge in [0.05, 0.1) is 10.1 Å². The third-order valence-corrected chi connectivity index (χ3v) is 20.9. The number of aromatic nitrogens is 2. The average molecular weight is 1720 g/mol. The summed E-state index contributed by atoms with van der Waals surface area (Å²) in [6, 6.07) is 40.4. The van der Waals surface area contributed by atoms with Crippen molar-refractivity contribution in [3.8, 4) is 12.1 Å². The molecule has 14 rings (SSSR count). The molecule has 0 bridgehead atoms. The van der Waals surface area contributed by atoms with E-state index < -0.39 is 5.60 Å². The number of hydrogen-bond acceptors (Lipinski definition) is 18. The number of aliphatic hydroxyl groups is 1. The van der Waals surface area contributed by atoms with E-state index in [2.05, 4.69) is 103 Å². The molecular formula is C85H113BrCl2F5K2N13O5. The topological polar surface area (TPSA) is 224 Å². The van der Waals surface area contributed by atoms with Gasteiger partial charge in [0.1, 0.15) is 69.4 Å². The summed E-state index contributed by atoms with van der Waals surface area (Å²) in [5.41, 5.74) is 9.14. The number of likely N-dealkylation sites (tertiary alicyclic amines) is 2. The van der Waals surface area contributed by atoms with Crippen molar-refractivity contribution in [2.24, 2.45) is 0 Å². The molecule has 0 radical (unpaired) electrons. The first-order valence-electron chi connectivity index (χ1n) is 37.6. The minimum Gasteiger partial charge on any atom is -1.00 e. The number of aryl methyl sites for hydroxylation is 5. The summed E-state index contributed by atoms with van der Waals surface area (Å²) in [4.78, 5) is 41.0. The molecule has 0 unspecified atom stereocenters. The number of Topliss-reactive ketones (excluding diaryl/α,β-unsaturated/α-hetero) is 1. The number of pyridine rings is 2. The Morgan fingerprint density at radius 2 is 0.956 bits per heavy atom. The number of benzene rings is 5. The first-order chi connectivity index (χ1) is 52.8. The standard InChI is InChI=1S/C13H18FNO.2C12H16FN.C12H14FN.C11H14N4.C7H6BrF.C6H3ClN2.C6H11NO.C5H12N2.CH2O3.ClH.2K.H/c1-10-4-3-5-11(14)12(10)13(16)6-8-15(2)9-7-13;3*1-9-3-2-4-11(13)12(9)10-5-7-14-8-6-10;1-14-5-7-15(8-6-14)11-4-2-3-10(9-12)13-11;1-5-3-2-4-6(9)7(5)8;7-6-3-1-2-5(4-8)9-6;1-7-4-2-6(8)3-5-7;1-7-4-2-6-3-5-7;2-1-4-3;;;;/h3-5,16H,6-9H2,1-2H3;2*2-4,10,14H,5-8H2,1H3;2-5,14H,6-8H2,1H3;2-4H,5-8H2,1H3;2-4H,1H3;1-3H;2-5H2,1H3;6H,2-5H2,1H3;1,3H;1H;;;/q;;;;;;;;;;;2*+1;-1/p-1. The van der Waals surface area contributed by atoms with Crippen molar-refractivity contribution >= 4 is 63.6 Å². The number of nitriles is 2. The van der Waals surface area contributed by atoms with Gasteiger partial charge < -0.3 is 62.4 Å². The van der Waals surface area contributed by atoms with E-state index in [9.17, 15) is 31.9 Å². The van der Waals surface area contributed by atoms with E-state index in [-0.39, 0.29) is 152 Å². The SMILES string of the molecule is CN1CCC(=O)CC1.CN1CCN(c2cccc(C#N)n2)CC1.CN1CCNCC1.Cc1cccc(F)c1Br.Cc1cccc(F)c1C1(O)CCN(C)CC1.Cc1cccc(F)c1C1=CCNCC1.Cc1cccc(F)c1C1CCNCC1.Cc1cccc(F)c1C1CCNCC1.Cl.N#Cc1cccc(Cl)n1.O=CO[O-].[H-].[K+].[K+]. The molecule has 606 valence electrons. The van der Waals surface area contributed by atoms with Crippen LogP contribution in [-0.2, 0) is 20.1 Å². The van der Waals surface area contributed by atoms with Crippen LogP contribution in [0.15, 0.2) is 138 Å². The second-order valence-electron chi connectivity index (χ2n) is 28.1. The number of piperazine rings is 2. The summed E-state index contributed by atoms with van der Waals surface area (Å²) in [6.45, 7) is 27.7. The smallest absolute Gasteiger partial charge is 1.00 e. The Bertz CT molecular complexity index is 3880. The fourth-order valence-electron chi connectivity index (χ4n) is 13.3. The van der Waals surface area contributed by atoms with Gasteiger partial charge in [-0.05, 0) is 267 Å². The first kappa shape index (κ1) is 105. The maximum Gasteiger partial charge on any atom is 1.00 e. The molecule has 0 saturated carbocycles. The number of nitrogens with zero attached hydrogens (tertiary/aromatic N) is 9. The number of hydrogen-bond donors (Lipinski definition) is 5. The Kier molecular flexibility index (Phi) is 54.2. The van der Waals surface area contributed by atoms with Gasteiger partial charge in [-0.1, -0.05) is 90.5 Å². The van der Waals surface area contributed by atoms with E-state index in [0.717, 1.165) is 206 Å². The van der Waals surface area contributed by atoms with Crippen LogP contribution in [0.5, 0.6) is 0 Å². The second-order valence-corrected chi connectivity index (χ2v) is 29.3. The normalized spacial score (nSPS) is 16.8.